The fourth-order valence-corrected chi connectivity index (χ4v) is 3.39. The second kappa shape index (κ2) is 3.98. The first-order valence-corrected chi connectivity index (χ1v) is 6.42. The summed E-state index contributed by atoms with van der Waals surface area (Å²) in [6, 6.07) is 0. The molecule has 82 valence electrons. The zero-order valence-electron chi connectivity index (χ0n) is 8.90. The Hall–Kier alpha value is -1.22. The first kappa shape index (κ1) is 9.97. The Morgan fingerprint density at radius 3 is 3.19 bits per heavy atom. The smallest absolute Gasteiger partial charge is 0.156 e. The van der Waals surface area contributed by atoms with Gasteiger partial charge in [-0.25, -0.2) is 0 Å². The van der Waals surface area contributed by atoms with E-state index in [4.69, 9.17) is 10.1 Å². The van der Waals surface area contributed by atoms with Gasteiger partial charge in [-0.15, -0.1) is 11.8 Å². The highest BCUT2D eigenvalue weighted by molar-refractivity contribution is 8.04. The quantitative estimate of drug-likeness (QED) is 0.691. The van der Waals surface area contributed by atoms with Crippen LogP contribution in [0.4, 0.5) is 0 Å². The normalized spacial score (nSPS) is 27.9. The molecule has 0 aromatic carbocycles. The molecule has 1 N–H and O–H groups in total. The van der Waals surface area contributed by atoms with Crippen molar-refractivity contribution in [1.29, 1.82) is 5.41 Å². The molecule has 0 saturated carbocycles. The Kier molecular flexibility index (Phi) is 2.48. The summed E-state index contributed by atoms with van der Waals surface area (Å²) in [5.74, 6) is 0.806. The summed E-state index contributed by atoms with van der Waals surface area (Å²) in [6.45, 7) is 0. The Balaban J connectivity index is 1.97. The van der Waals surface area contributed by atoms with E-state index in [0.717, 1.165) is 25.0 Å². The maximum atomic E-state index is 7.91. The largest absolute Gasteiger partial charge is 0.462 e. The van der Waals surface area contributed by atoms with Crippen molar-refractivity contribution in [3.05, 3.63) is 46.8 Å². The Morgan fingerprint density at radius 1 is 1.31 bits per heavy atom. The van der Waals surface area contributed by atoms with E-state index in [1.54, 1.807) is 6.26 Å². The molecule has 0 fully saturated rings. The Morgan fingerprint density at radius 2 is 2.25 bits per heavy atom. The SMILES string of the molecule is N=C1CCCC2=C1OC=C1C=CC=CC1S2. The number of allylic oxidation sites excluding steroid dienone is 5. The number of ether oxygens (including phenoxy) is 1. The van der Waals surface area contributed by atoms with Gasteiger partial charge >= 0.3 is 0 Å². The molecule has 0 amide bonds. The predicted molar refractivity (Wildman–Crippen MR) is 67.4 cm³/mol. The van der Waals surface area contributed by atoms with Crippen LogP contribution in [0, 0.1) is 5.41 Å². The monoisotopic (exact) mass is 231 g/mol. The molecule has 3 heteroatoms. The van der Waals surface area contributed by atoms with Crippen molar-refractivity contribution in [1.82, 2.24) is 0 Å². The maximum Gasteiger partial charge on any atom is 0.156 e. The van der Waals surface area contributed by atoms with Crippen molar-refractivity contribution in [2.24, 2.45) is 0 Å². The highest BCUT2D eigenvalue weighted by Gasteiger charge is 2.26. The van der Waals surface area contributed by atoms with Crippen LogP contribution in [0.15, 0.2) is 46.8 Å². The van der Waals surface area contributed by atoms with Crippen LogP contribution in [0.5, 0.6) is 0 Å². The van der Waals surface area contributed by atoms with Gasteiger partial charge in [0.15, 0.2) is 5.76 Å². The molecule has 1 heterocycles. The van der Waals surface area contributed by atoms with Gasteiger partial charge in [-0.2, -0.15) is 0 Å². The predicted octanol–water partition coefficient (Wildman–Crippen LogP) is 3.54. The summed E-state index contributed by atoms with van der Waals surface area (Å²) >= 11 is 1.83. The van der Waals surface area contributed by atoms with E-state index in [1.165, 1.54) is 10.5 Å². The molecule has 0 saturated heterocycles. The van der Waals surface area contributed by atoms with Gasteiger partial charge in [0, 0.05) is 10.5 Å². The zero-order chi connectivity index (χ0) is 11.0. The number of rotatable bonds is 0. The van der Waals surface area contributed by atoms with Gasteiger partial charge in [-0.1, -0.05) is 24.3 Å². The molecule has 0 spiro atoms. The van der Waals surface area contributed by atoms with Crippen LogP contribution >= 0.6 is 11.8 Å². The summed E-state index contributed by atoms with van der Waals surface area (Å²) in [5, 5.41) is 8.27. The Labute approximate surface area is 99.3 Å². The molecule has 2 aliphatic carbocycles. The summed E-state index contributed by atoms with van der Waals surface area (Å²) < 4.78 is 5.68. The minimum Gasteiger partial charge on any atom is -0.462 e. The van der Waals surface area contributed by atoms with Crippen LogP contribution < -0.4 is 0 Å². The lowest BCUT2D eigenvalue weighted by Gasteiger charge is -2.19. The van der Waals surface area contributed by atoms with Crippen LogP contribution in [-0.2, 0) is 4.74 Å². The van der Waals surface area contributed by atoms with E-state index in [9.17, 15) is 0 Å². The van der Waals surface area contributed by atoms with Crippen molar-refractivity contribution in [3.63, 3.8) is 0 Å². The lowest BCUT2D eigenvalue weighted by Crippen LogP contribution is -2.10. The third-order valence-corrected chi connectivity index (χ3v) is 4.31. The summed E-state index contributed by atoms with van der Waals surface area (Å²) in [7, 11) is 0. The minimum atomic E-state index is 0.364. The van der Waals surface area contributed by atoms with Gasteiger partial charge in [0.1, 0.15) is 0 Å². The van der Waals surface area contributed by atoms with Gasteiger partial charge in [0.05, 0.1) is 17.2 Å². The molecule has 0 aromatic rings. The number of thioether (sulfide) groups is 1. The summed E-state index contributed by atoms with van der Waals surface area (Å²) in [5.41, 5.74) is 1.84. The fraction of sp³-hybridized carbons (Fsp3) is 0.308. The first-order chi connectivity index (χ1) is 7.84. The van der Waals surface area contributed by atoms with Crippen molar-refractivity contribution < 1.29 is 4.74 Å². The summed E-state index contributed by atoms with van der Waals surface area (Å²) in [4.78, 5) is 1.24. The molecule has 3 aliphatic rings. The van der Waals surface area contributed by atoms with E-state index >= 15 is 0 Å². The zero-order valence-corrected chi connectivity index (χ0v) is 9.72. The third-order valence-electron chi connectivity index (χ3n) is 2.95. The average molecular weight is 231 g/mol. The van der Waals surface area contributed by atoms with E-state index in [0.29, 0.717) is 11.0 Å². The van der Waals surface area contributed by atoms with Crippen LogP contribution in [0.2, 0.25) is 0 Å². The van der Waals surface area contributed by atoms with Crippen molar-refractivity contribution in [2.75, 3.05) is 0 Å². The van der Waals surface area contributed by atoms with Crippen molar-refractivity contribution in [2.45, 2.75) is 24.5 Å². The van der Waals surface area contributed by atoms with Crippen LogP contribution in [0.3, 0.4) is 0 Å². The molecule has 1 atom stereocenters. The lowest BCUT2D eigenvalue weighted by atomic mass is 10.0. The lowest BCUT2D eigenvalue weighted by molar-refractivity contribution is 0.365. The number of fused-ring (bicyclic) bond motifs is 1. The molecule has 0 bridgehead atoms. The highest BCUT2D eigenvalue weighted by atomic mass is 32.2. The average Bonchev–Trinajstić information content (AvgIpc) is 2.48. The van der Waals surface area contributed by atoms with E-state index in [1.807, 2.05) is 17.8 Å². The molecule has 1 unspecified atom stereocenters. The number of hydrogen-bond donors (Lipinski definition) is 1. The van der Waals surface area contributed by atoms with Crippen molar-refractivity contribution in [3.8, 4) is 0 Å². The van der Waals surface area contributed by atoms with Gasteiger partial charge in [0.25, 0.3) is 0 Å². The third kappa shape index (κ3) is 1.65. The van der Waals surface area contributed by atoms with E-state index < -0.39 is 0 Å². The molecule has 0 radical (unpaired) electrons. The Bertz CT molecular complexity index is 457. The summed E-state index contributed by atoms with van der Waals surface area (Å²) in [6.07, 6.45) is 13.2. The van der Waals surface area contributed by atoms with E-state index in [-0.39, 0.29) is 0 Å². The van der Waals surface area contributed by atoms with Crippen LogP contribution in [-0.4, -0.2) is 11.0 Å². The van der Waals surface area contributed by atoms with Gasteiger partial charge in [-0.3, -0.25) is 0 Å². The van der Waals surface area contributed by atoms with E-state index in [2.05, 4.69) is 18.2 Å². The van der Waals surface area contributed by atoms with Crippen LogP contribution in [0.1, 0.15) is 19.3 Å². The molecule has 16 heavy (non-hydrogen) atoms. The van der Waals surface area contributed by atoms with Gasteiger partial charge < -0.3 is 10.1 Å². The number of hydrogen-bond acceptors (Lipinski definition) is 3. The maximum absolute atomic E-state index is 7.91. The molecule has 0 aromatic heterocycles. The molecular formula is C13H13NOS. The standard InChI is InChI=1S/C13H13NOS/c14-10-5-3-7-12-13(10)15-8-9-4-1-2-6-11(9)16-12/h1-2,4,6,8,11,14H,3,5,7H2. The molecular weight excluding hydrogens is 218 g/mol. The van der Waals surface area contributed by atoms with Crippen LogP contribution in [0.25, 0.3) is 0 Å². The second-order valence-electron chi connectivity index (χ2n) is 4.10. The first-order valence-electron chi connectivity index (χ1n) is 5.54. The fourth-order valence-electron chi connectivity index (χ4n) is 2.10. The van der Waals surface area contributed by atoms with Gasteiger partial charge in [-0.05, 0) is 19.3 Å². The molecule has 3 rings (SSSR count). The molecule has 1 aliphatic heterocycles. The topological polar surface area (TPSA) is 33.1 Å². The van der Waals surface area contributed by atoms with Crippen molar-refractivity contribution >= 4 is 17.5 Å². The molecule has 2 nitrogen and oxygen atoms in total. The highest BCUT2D eigenvalue weighted by Crippen LogP contribution is 2.40. The second-order valence-corrected chi connectivity index (χ2v) is 5.34. The minimum absolute atomic E-state index is 0.364. The number of nitrogens with one attached hydrogen (secondary N) is 1. The van der Waals surface area contributed by atoms with Gasteiger partial charge in [0.2, 0.25) is 0 Å².